The van der Waals surface area contributed by atoms with Crippen molar-refractivity contribution in [1.29, 1.82) is 0 Å². The highest BCUT2D eigenvalue weighted by atomic mass is 16.5. The van der Waals surface area contributed by atoms with Crippen LogP contribution in [-0.2, 0) is 6.54 Å². The number of hydrogen-bond acceptors (Lipinski definition) is 3. The summed E-state index contributed by atoms with van der Waals surface area (Å²) in [4.78, 5) is 15.5. The predicted octanol–water partition coefficient (Wildman–Crippen LogP) is 3.75. The molecular weight excluding hydrogens is 340 g/mol. The van der Waals surface area contributed by atoms with Crippen molar-refractivity contribution in [2.75, 3.05) is 20.8 Å². The van der Waals surface area contributed by atoms with Crippen LogP contribution >= 0.6 is 0 Å². The zero-order valence-electron chi connectivity index (χ0n) is 15.5. The minimum absolute atomic E-state index is 0.0629. The Morgan fingerprint density at radius 3 is 2.48 bits per heavy atom. The van der Waals surface area contributed by atoms with Crippen LogP contribution in [0.15, 0.2) is 66.9 Å². The summed E-state index contributed by atoms with van der Waals surface area (Å²) in [5, 5.41) is 0. The Kier molecular flexibility index (Phi) is 4.59. The van der Waals surface area contributed by atoms with Crippen LogP contribution in [0.5, 0.6) is 11.5 Å². The number of rotatable bonds is 4. The molecule has 5 heteroatoms. The Hall–Kier alpha value is -3.21. The molecule has 1 atom stereocenters. The fraction of sp³-hybridized carbons (Fsp3) is 0.227. The Morgan fingerprint density at radius 1 is 0.926 bits per heavy atom. The van der Waals surface area contributed by atoms with Gasteiger partial charge in [-0.1, -0.05) is 36.4 Å². The van der Waals surface area contributed by atoms with E-state index in [1.807, 2.05) is 35.2 Å². The number of aromatic nitrogens is 1. The van der Waals surface area contributed by atoms with Crippen LogP contribution in [0.4, 0.5) is 0 Å². The molecule has 1 unspecified atom stereocenters. The largest absolute Gasteiger partial charge is 0.493 e. The van der Waals surface area contributed by atoms with Gasteiger partial charge in [0.25, 0.3) is 5.91 Å². The zero-order chi connectivity index (χ0) is 18.8. The van der Waals surface area contributed by atoms with Crippen LogP contribution in [0, 0.1) is 0 Å². The van der Waals surface area contributed by atoms with E-state index < -0.39 is 0 Å². The van der Waals surface area contributed by atoms with Gasteiger partial charge in [-0.2, -0.15) is 0 Å². The Bertz CT molecular complexity index is 949. The quantitative estimate of drug-likeness (QED) is 0.710. The first-order valence-corrected chi connectivity index (χ1v) is 8.96. The standard InChI is InChI=1S/C22H22N2O3/c1-26-19-12-6-10-17(21(19)27-2)22(25)24-15-14-23-13-7-11-18(23)20(24)16-8-4-3-5-9-16/h3-13,20H,14-15H2,1-2H3. The third kappa shape index (κ3) is 2.95. The molecule has 0 spiro atoms. The SMILES string of the molecule is COc1cccc(C(=O)N2CCn3cccc3C2c2ccccc2)c1OC. The predicted molar refractivity (Wildman–Crippen MR) is 103 cm³/mol. The summed E-state index contributed by atoms with van der Waals surface area (Å²) in [6.45, 7) is 1.39. The summed E-state index contributed by atoms with van der Waals surface area (Å²) in [5.41, 5.74) is 2.72. The van der Waals surface area contributed by atoms with Gasteiger partial charge in [0.2, 0.25) is 0 Å². The Morgan fingerprint density at radius 2 is 1.74 bits per heavy atom. The van der Waals surface area contributed by atoms with E-state index >= 15 is 0 Å². The number of carbonyl (C=O) groups excluding carboxylic acids is 1. The van der Waals surface area contributed by atoms with E-state index in [9.17, 15) is 4.79 Å². The van der Waals surface area contributed by atoms with Crippen molar-refractivity contribution in [3.63, 3.8) is 0 Å². The summed E-state index contributed by atoms with van der Waals surface area (Å²) in [6.07, 6.45) is 2.07. The second-order valence-electron chi connectivity index (χ2n) is 6.48. The molecule has 0 saturated carbocycles. The normalized spacial score (nSPS) is 15.9. The third-order valence-corrected chi connectivity index (χ3v) is 5.05. The number of amides is 1. The number of para-hydroxylation sites is 1. The van der Waals surface area contributed by atoms with E-state index in [1.165, 1.54) is 0 Å². The lowest BCUT2D eigenvalue weighted by Gasteiger charge is -2.37. The summed E-state index contributed by atoms with van der Waals surface area (Å²) in [6, 6.07) is 19.5. The number of benzene rings is 2. The van der Waals surface area contributed by atoms with E-state index in [0.29, 0.717) is 23.6 Å². The molecular formula is C22H22N2O3. The maximum Gasteiger partial charge on any atom is 0.258 e. The highest BCUT2D eigenvalue weighted by molar-refractivity contribution is 5.98. The fourth-order valence-electron chi connectivity index (χ4n) is 3.80. The maximum atomic E-state index is 13.5. The third-order valence-electron chi connectivity index (χ3n) is 5.05. The number of hydrogen-bond donors (Lipinski definition) is 0. The van der Waals surface area contributed by atoms with Crippen molar-refractivity contribution in [3.05, 3.63) is 83.7 Å². The molecule has 27 heavy (non-hydrogen) atoms. The molecule has 5 nitrogen and oxygen atoms in total. The van der Waals surface area contributed by atoms with Crippen molar-refractivity contribution in [2.24, 2.45) is 0 Å². The smallest absolute Gasteiger partial charge is 0.258 e. The number of methoxy groups -OCH3 is 2. The lowest BCUT2D eigenvalue weighted by Crippen LogP contribution is -2.42. The second kappa shape index (κ2) is 7.19. The van der Waals surface area contributed by atoms with Crippen LogP contribution in [0.3, 0.4) is 0 Å². The first-order chi connectivity index (χ1) is 13.2. The van der Waals surface area contributed by atoms with Crippen LogP contribution in [-0.4, -0.2) is 36.1 Å². The molecule has 1 aliphatic heterocycles. The molecule has 4 rings (SSSR count). The minimum atomic E-state index is -0.140. The summed E-state index contributed by atoms with van der Waals surface area (Å²) in [7, 11) is 3.14. The molecule has 0 saturated heterocycles. The minimum Gasteiger partial charge on any atom is -0.493 e. The van der Waals surface area contributed by atoms with Crippen LogP contribution in [0.25, 0.3) is 0 Å². The van der Waals surface area contributed by atoms with Gasteiger partial charge in [-0.3, -0.25) is 4.79 Å². The Labute approximate surface area is 158 Å². The number of nitrogens with zero attached hydrogens (tertiary/aromatic N) is 2. The summed E-state index contributed by atoms with van der Waals surface area (Å²) >= 11 is 0. The first kappa shape index (κ1) is 17.2. The monoisotopic (exact) mass is 362 g/mol. The Balaban J connectivity index is 1.80. The van der Waals surface area contributed by atoms with Gasteiger partial charge in [0, 0.05) is 25.0 Å². The van der Waals surface area contributed by atoms with Gasteiger partial charge >= 0.3 is 0 Å². The summed E-state index contributed by atoms with van der Waals surface area (Å²) < 4.78 is 13.1. The van der Waals surface area contributed by atoms with Gasteiger partial charge < -0.3 is 18.9 Å². The van der Waals surface area contributed by atoms with E-state index in [2.05, 4.69) is 29.0 Å². The van der Waals surface area contributed by atoms with Crippen molar-refractivity contribution >= 4 is 5.91 Å². The van der Waals surface area contributed by atoms with Crippen LogP contribution in [0.1, 0.15) is 27.7 Å². The molecule has 1 aromatic heterocycles. The van der Waals surface area contributed by atoms with Gasteiger partial charge in [-0.15, -0.1) is 0 Å². The van der Waals surface area contributed by atoms with E-state index in [-0.39, 0.29) is 11.9 Å². The van der Waals surface area contributed by atoms with Gasteiger partial charge in [0.1, 0.15) is 0 Å². The van der Waals surface area contributed by atoms with Crippen molar-refractivity contribution in [3.8, 4) is 11.5 Å². The lowest BCUT2D eigenvalue weighted by atomic mass is 9.98. The van der Waals surface area contributed by atoms with E-state index in [4.69, 9.17) is 9.47 Å². The lowest BCUT2D eigenvalue weighted by molar-refractivity contribution is 0.0660. The first-order valence-electron chi connectivity index (χ1n) is 8.96. The highest BCUT2D eigenvalue weighted by Gasteiger charge is 2.34. The average Bonchev–Trinajstić information content (AvgIpc) is 3.21. The molecule has 0 radical (unpaired) electrons. The van der Waals surface area contributed by atoms with Gasteiger partial charge in [0.05, 0.1) is 25.8 Å². The number of ether oxygens (including phenoxy) is 2. The molecule has 2 heterocycles. The molecule has 138 valence electrons. The van der Waals surface area contributed by atoms with Crippen molar-refractivity contribution in [2.45, 2.75) is 12.6 Å². The molecule has 1 aliphatic rings. The average molecular weight is 362 g/mol. The topological polar surface area (TPSA) is 43.7 Å². The molecule has 1 amide bonds. The maximum absolute atomic E-state index is 13.5. The fourth-order valence-corrected chi connectivity index (χ4v) is 3.80. The molecule has 2 aromatic carbocycles. The molecule has 0 bridgehead atoms. The van der Waals surface area contributed by atoms with Gasteiger partial charge in [-0.25, -0.2) is 0 Å². The molecule has 0 fully saturated rings. The van der Waals surface area contributed by atoms with Crippen molar-refractivity contribution < 1.29 is 14.3 Å². The van der Waals surface area contributed by atoms with Crippen LogP contribution in [0.2, 0.25) is 0 Å². The van der Waals surface area contributed by atoms with E-state index in [1.54, 1.807) is 26.4 Å². The van der Waals surface area contributed by atoms with Crippen LogP contribution < -0.4 is 9.47 Å². The van der Waals surface area contributed by atoms with E-state index in [0.717, 1.165) is 17.8 Å². The number of carbonyl (C=O) groups is 1. The summed E-state index contributed by atoms with van der Waals surface area (Å²) in [5.74, 6) is 0.963. The molecule has 0 N–H and O–H groups in total. The number of fused-ring (bicyclic) bond motifs is 1. The van der Waals surface area contributed by atoms with Crippen molar-refractivity contribution in [1.82, 2.24) is 9.47 Å². The van der Waals surface area contributed by atoms with Gasteiger partial charge in [-0.05, 0) is 29.8 Å². The molecule has 3 aromatic rings. The van der Waals surface area contributed by atoms with Gasteiger partial charge in [0.15, 0.2) is 11.5 Å². The second-order valence-corrected chi connectivity index (χ2v) is 6.48. The molecule has 0 aliphatic carbocycles. The highest BCUT2D eigenvalue weighted by Crippen LogP contribution is 2.37. The zero-order valence-corrected chi connectivity index (χ0v) is 15.5.